The maximum atomic E-state index is 12.0. The highest BCUT2D eigenvalue weighted by atomic mass is 16.5. The van der Waals surface area contributed by atoms with Crippen molar-refractivity contribution in [3.63, 3.8) is 0 Å². The number of aryl methyl sites for hydroxylation is 1. The lowest BCUT2D eigenvalue weighted by molar-refractivity contribution is -0.116. The first-order chi connectivity index (χ1) is 11.2. The molecular weight excluding hydrogens is 292 g/mol. The Hall–Kier alpha value is -2.89. The molecule has 118 valence electrons. The van der Waals surface area contributed by atoms with E-state index in [1.54, 1.807) is 10.7 Å². The molecule has 0 aliphatic heterocycles. The number of para-hydroxylation sites is 1. The van der Waals surface area contributed by atoms with Crippen LogP contribution in [0.5, 0.6) is 5.75 Å². The van der Waals surface area contributed by atoms with Gasteiger partial charge in [0.05, 0.1) is 18.5 Å². The van der Waals surface area contributed by atoms with Crippen LogP contribution in [0.3, 0.4) is 0 Å². The molecule has 0 saturated carbocycles. The second-order valence-electron chi connectivity index (χ2n) is 5.19. The lowest BCUT2D eigenvalue weighted by Gasteiger charge is -2.07. The highest BCUT2D eigenvalue weighted by Crippen LogP contribution is 2.11. The molecule has 23 heavy (non-hydrogen) atoms. The predicted octanol–water partition coefficient (Wildman–Crippen LogP) is 2.84. The van der Waals surface area contributed by atoms with Crippen molar-refractivity contribution in [2.24, 2.45) is 0 Å². The summed E-state index contributed by atoms with van der Waals surface area (Å²) in [6.07, 6.45) is 2.82. The lowest BCUT2D eigenvalue weighted by Crippen LogP contribution is -2.13. The molecule has 0 aliphatic carbocycles. The topological polar surface area (TPSA) is 68.5 Å². The van der Waals surface area contributed by atoms with Gasteiger partial charge >= 0.3 is 0 Å². The van der Waals surface area contributed by atoms with Crippen molar-refractivity contribution in [3.05, 3.63) is 54.5 Å². The molecule has 0 radical (unpaired) electrons. The van der Waals surface area contributed by atoms with Crippen LogP contribution in [0.2, 0.25) is 0 Å². The number of rotatable bonds is 6. The summed E-state index contributed by atoms with van der Waals surface area (Å²) in [6.45, 7) is 2.34. The fraction of sp³-hybridized carbons (Fsp3) is 0.235. The molecule has 2 heterocycles. The van der Waals surface area contributed by atoms with Crippen LogP contribution in [-0.4, -0.2) is 27.1 Å². The Morgan fingerprint density at radius 3 is 2.87 bits per heavy atom. The van der Waals surface area contributed by atoms with Crippen LogP contribution < -0.4 is 10.1 Å². The van der Waals surface area contributed by atoms with Crippen molar-refractivity contribution >= 4 is 17.2 Å². The van der Waals surface area contributed by atoms with Crippen molar-refractivity contribution < 1.29 is 9.53 Å². The van der Waals surface area contributed by atoms with Crippen molar-refractivity contribution in [3.8, 4) is 5.75 Å². The summed E-state index contributed by atoms with van der Waals surface area (Å²) in [6, 6.07) is 13.2. The molecule has 0 saturated heterocycles. The Kier molecular flexibility index (Phi) is 4.52. The van der Waals surface area contributed by atoms with E-state index in [4.69, 9.17) is 4.74 Å². The van der Waals surface area contributed by atoms with Gasteiger partial charge in [0, 0.05) is 6.42 Å². The molecule has 0 bridgehead atoms. The van der Waals surface area contributed by atoms with Crippen LogP contribution in [0, 0.1) is 6.92 Å². The molecule has 2 aromatic heterocycles. The van der Waals surface area contributed by atoms with Crippen LogP contribution in [0.25, 0.3) is 5.65 Å². The fourth-order valence-corrected chi connectivity index (χ4v) is 2.23. The normalized spacial score (nSPS) is 10.7. The van der Waals surface area contributed by atoms with Crippen molar-refractivity contribution in [2.45, 2.75) is 19.8 Å². The third-order valence-corrected chi connectivity index (χ3v) is 3.28. The lowest BCUT2D eigenvalue weighted by atomic mass is 10.3. The van der Waals surface area contributed by atoms with Gasteiger partial charge in [0.15, 0.2) is 5.65 Å². The van der Waals surface area contributed by atoms with Gasteiger partial charge in [-0.25, -0.2) is 9.50 Å². The summed E-state index contributed by atoms with van der Waals surface area (Å²) in [5.41, 5.74) is 1.47. The number of nitrogens with zero attached hydrogens (tertiary/aromatic N) is 3. The number of hydrogen-bond donors (Lipinski definition) is 1. The van der Waals surface area contributed by atoms with Crippen molar-refractivity contribution in [1.29, 1.82) is 0 Å². The minimum atomic E-state index is -0.0437. The number of carbonyl (C=O) groups excluding carboxylic acids is 1. The molecule has 3 aromatic rings. The van der Waals surface area contributed by atoms with E-state index in [9.17, 15) is 4.79 Å². The molecule has 6 nitrogen and oxygen atoms in total. The number of amides is 1. The van der Waals surface area contributed by atoms with E-state index in [1.807, 2.05) is 49.4 Å². The molecular formula is C17H18N4O2. The summed E-state index contributed by atoms with van der Waals surface area (Å²) < 4.78 is 7.22. The minimum Gasteiger partial charge on any atom is -0.494 e. The van der Waals surface area contributed by atoms with Gasteiger partial charge in [0.25, 0.3) is 0 Å². The van der Waals surface area contributed by atoms with Crippen LogP contribution in [0.15, 0.2) is 48.7 Å². The number of anilines is 1. The number of pyridine rings is 1. The number of fused-ring (bicyclic) bond motifs is 1. The molecule has 0 aliphatic rings. The molecule has 0 atom stereocenters. The van der Waals surface area contributed by atoms with Gasteiger partial charge in [0.1, 0.15) is 11.6 Å². The maximum absolute atomic E-state index is 12.0. The molecule has 0 fully saturated rings. The van der Waals surface area contributed by atoms with Crippen LogP contribution in [0.1, 0.15) is 18.7 Å². The van der Waals surface area contributed by atoms with E-state index in [0.717, 1.165) is 11.4 Å². The first-order valence-corrected chi connectivity index (χ1v) is 7.51. The van der Waals surface area contributed by atoms with Crippen molar-refractivity contribution in [2.75, 3.05) is 11.9 Å². The summed E-state index contributed by atoms with van der Waals surface area (Å²) >= 11 is 0. The highest BCUT2D eigenvalue weighted by molar-refractivity contribution is 5.90. The first kappa shape index (κ1) is 15.0. The van der Waals surface area contributed by atoms with Crippen molar-refractivity contribution in [1.82, 2.24) is 14.6 Å². The summed E-state index contributed by atoms with van der Waals surface area (Å²) in [4.78, 5) is 16.2. The number of hydrogen-bond acceptors (Lipinski definition) is 4. The van der Waals surface area contributed by atoms with E-state index in [0.29, 0.717) is 31.0 Å². The first-order valence-electron chi connectivity index (χ1n) is 7.51. The second kappa shape index (κ2) is 6.91. The van der Waals surface area contributed by atoms with Gasteiger partial charge in [-0.1, -0.05) is 18.2 Å². The number of benzene rings is 1. The van der Waals surface area contributed by atoms with E-state index in [1.165, 1.54) is 0 Å². The Bertz CT molecular complexity index is 799. The molecule has 1 amide bonds. The molecule has 0 spiro atoms. The predicted molar refractivity (Wildman–Crippen MR) is 87.5 cm³/mol. The maximum Gasteiger partial charge on any atom is 0.224 e. The molecule has 1 N–H and O–H groups in total. The number of aromatic nitrogens is 3. The summed E-state index contributed by atoms with van der Waals surface area (Å²) in [5, 5.41) is 7.08. The standard InChI is InChI=1S/C17H18N4O2/c1-13-18-16-10-9-14(12-21(16)20-13)19-17(22)8-5-11-23-15-6-3-2-4-7-15/h2-4,6-7,9-10,12H,5,8,11H2,1H3,(H,19,22). The number of ether oxygens (including phenoxy) is 1. The Morgan fingerprint density at radius 2 is 2.04 bits per heavy atom. The third-order valence-electron chi connectivity index (χ3n) is 3.28. The van der Waals surface area contributed by atoms with Gasteiger partial charge in [0.2, 0.25) is 5.91 Å². The second-order valence-corrected chi connectivity index (χ2v) is 5.19. The zero-order valence-electron chi connectivity index (χ0n) is 12.9. The fourth-order valence-electron chi connectivity index (χ4n) is 2.23. The summed E-state index contributed by atoms with van der Waals surface area (Å²) in [7, 11) is 0. The molecule has 1 aromatic carbocycles. The SMILES string of the molecule is Cc1nc2ccc(NC(=O)CCCOc3ccccc3)cn2n1. The average molecular weight is 310 g/mol. The van der Waals surface area contributed by atoms with E-state index in [2.05, 4.69) is 15.4 Å². The van der Waals surface area contributed by atoms with Gasteiger partial charge in [-0.15, -0.1) is 0 Å². The van der Waals surface area contributed by atoms with Gasteiger partial charge in [-0.2, -0.15) is 5.10 Å². The van der Waals surface area contributed by atoms with Crippen LogP contribution >= 0.6 is 0 Å². The van der Waals surface area contributed by atoms with Crippen LogP contribution in [-0.2, 0) is 4.79 Å². The number of carbonyl (C=O) groups is 1. The highest BCUT2D eigenvalue weighted by Gasteiger charge is 2.05. The third kappa shape index (κ3) is 4.06. The minimum absolute atomic E-state index is 0.0437. The monoisotopic (exact) mass is 310 g/mol. The molecule has 3 rings (SSSR count). The molecule has 0 unspecified atom stereocenters. The summed E-state index contributed by atoms with van der Waals surface area (Å²) in [5.74, 6) is 1.48. The Labute approximate surface area is 134 Å². The number of nitrogens with one attached hydrogen (secondary N) is 1. The zero-order chi connectivity index (χ0) is 16.1. The average Bonchev–Trinajstić information content (AvgIpc) is 2.92. The van der Waals surface area contributed by atoms with E-state index < -0.39 is 0 Å². The Balaban J connectivity index is 1.46. The van der Waals surface area contributed by atoms with Gasteiger partial charge in [-0.05, 0) is 37.6 Å². The van der Waals surface area contributed by atoms with E-state index in [-0.39, 0.29) is 5.91 Å². The van der Waals surface area contributed by atoms with Gasteiger partial charge < -0.3 is 10.1 Å². The van der Waals surface area contributed by atoms with Gasteiger partial charge in [-0.3, -0.25) is 4.79 Å². The largest absolute Gasteiger partial charge is 0.494 e. The molecule has 6 heteroatoms. The zero-order valence-corrected chi connectivity index (χ0v) is 12.9. The van der Waals surface area contributed by atoms with E-state index >= 15 is 0 Å². The smallest absolute Gasteiger partial charge is 0.224 e. The quantitative estimate of drug-likeness (QED) is 0.711. The Morgan fingerprint density at radius 1 is 1.22 bits per heavy atom. The van der Waals surface area contributed by atoms with Crippen LogP contribution in [0.4, 0.5) is 5.69 Å².